The number of sulfonamides is 2. The Hall–Kier alpha value is -2.30. The van der Waals surface area contributed by atoms with Crippen LogP contribution in [-0.4, -0.2) is 55.0 Å². The van der Waals surface area contributed by atoms with Crippen molar-refractivity contribution in [3.63, 3.8) is 0 Å². The van der Waals surface area contributed by atoms with Crippen molar-refractivity contribution in [3.05, 3.63) is 42.0 Å². The van der Waals surface area contributed by atoms with E-state index >= 15 is 0 Å². The van der Waals surface area contributed by atoms with Crippen LogP contribution in [0.4, 0.5) is 5.69 Å². The molecule has 0 unspecified atom stereocenters. The molecule has 0 aromatic heterocycles. The van der Waals surface area contributed by atoms with Gasteiger partial charge in [-0.3, -0.25) is 4.31 Å². The topological polar surface area (TPSA) is 93.2 Å². The SMILES string of the molecule is COc1ccc(OC)c(S(=O)(=O)N2CCc3cc(S(=O)(=O)N4CCCC4)ccc32)c1. The van der Waals surface area contributed by atoms with Crippen molar-refractivity contribution in [2.24, 2.45) is 0 Å². The van der Waals surface area contributed by atoms with Gasteiger partial charge in [-0.25, -0.2) is 16.8 Å². The number of hydrogen-bond donors (Lipinski definition) is 0. The molecule has 1 fully saturated rings. The molecule has 0 N–H and O–H groups in total. The van der Waals surface area contributed by atoms with Crippen molar-refractivity contribution in [1.29, 1.82) is 0 Å². The average molecular weight is 453 g/mol. The van der Waals surface area contributed by atoms with Crippen LogP contribution in [0, 0.1) is 0 Å². The normalized spacial score (nSPS) is 17.2. The molecule has 2 aliphatic heterocycles. The molecule has 0 atom stereocenters. The van der Waals surface area contributed by atoms with Gasteiger partial charge in [-0.05, 0) is 55.2 Å². The smallest absolute Gasteiger partial charge is 0.268 e. The highest BCUT2D eigenvalue weighted by Crippen LogP contribution is 2.38. The fourth-order valence-electron chi connectivity index (χ4n) is 3.94. The predicted octanol–water partition coefficient (Wildman–Crippen LogP) is 2.24. The molecule has 4 rings (SSSR count). The first-order chi connectivity index (χ1) is 14.3. The van der Waals surface area contributed by atoms with E-state index in [4.69, 9.17) is 9.47 Å². The highest BCUT2D eigenvalue weighted by Gasteiger charge is 2.35. The lowest BCUT2D eigenvalue weighted by Crippen LogP contribution is -2.29. The lowest BCUT2D eigenvalue weighted by Gasteiger charge is -2.22. The van der Waals surface area contributed by atoms with Crippen molar-refractivity contribution >= 4 is 25.7 Å². The summed E-state index contributed by atoms with van der Waals surface area (Å²) in [6, 6.07) is 9.28. The van der Waals surface area contributed by atoms with Crippen molar-refractivity contribution in [2.45, 2.75) is 29.1 Å². The van der Waals surface area contributed by atoms with E-state index in [1.54, 1.807) is 24.3 Å². The van der Waals surface area contributed by atoms with Crippen LogP contribution in [0.25, 0.3) is 0 Å². The second kappa shape index (κ2) is 7.75. The van der Waals surface area contributed by atoms with Crippen LogP contribution in [0.1, 0.15) is 18.4 Å². The van der Waals surface area contributed by atoms with Crippen LogP contribution in [0.2, 0.25) is 0 Å². The van der Waals surface area contributed by atoms with Gasteiger partial charge in [0.25, 0.3) is 10.0 Å². The summed E-state index contributed by atoms with van der Waals surface area (Å²) in [5.74, 6) is 0.623. The van der Waals surface area contributed by atoms with Crippen molar-refractivity contribution in [2.75, 3.05) is 38.2 Å². The molecule has 0 spiro atoms. The van der Waals surface area contributed by atoms with Gasteiger partial charge in [0.1, 0.15) is 16.4 Å². The maximum absolute atomic E-state index is 13.4. The first-order valence-electron chi connectivity index (χ1n) is 9.67. The third-order valence-corrected chi connectivity index (χ3v) is 9.27. The molecule has 2 aromatic carbocycles. The van der Waals surface area contributed by atoms with Gasteiger partial charge in [0.15, 0.2) is 0 Å². The van der Waals surface area contributed by atoms with Gasteiger partial charge in [-0.2, -0.15) is 4.31 Å². The van der Waals surface area contributed by atoms with Gasteiger partial charge in [0.2, 0.25) is 10.0 Å². The molecule has 162 valence electrons. The summed E-state index contributed by atoms with van der Waals surface area (Å²) in [6.07, 6.45) is 2.15. The van der Waals surface area contributed by atoms with E-state index in [2.05, 4.69) is 0 Å². The highest BCUT2D eigenvalue weighted by atomic mass is 32.2. The molecule has 2 heterocycles. The number of rotatable bonds is 6. The molecule has 0 bridgehead atoms. The molecule has 0 radical (unpaired) electrons. The Labute approximate surface area is 177 Å². The molecular weight excluding hydrogens is 428 g/mol. The molecule has 0 aliphatic carbocycles. The summed E-state index contributed by atoms with van der Waals surface area (Å²) in [5, 5.41) is 0. The van der Waals surface area contributed by atoms with Crippen molar-refractivity contribution < 1.29 is 26.3 Å². The molecule has 2 aromatic rings. The Morgan fingerprint density at radius 2 is 1.57 bits per heavy atom. The minimum Gasteiger partial charge on any atom is -0.497 e. The Kier molecular flexibility index (Phi) is 5.41. The lowest BCUT2D eigenvalue weighted by atomic mass is 10.2. The molecule has 0 saturated carbocycles. The van der Waals surface area contributed by atoms with Crippen LogP contribution in [0.3, 0.4) is 0 Å². The Balaban J connectivity index is 1.72. The zero-order valence-electron chi connectivity index (χ0n) is 16.9. The summed E-state index contributed by atoms with van der Waals surface area (Å²) in [6.45, 7) is 1.27. The fraction of sp³-hybridized carbons (Fsp3) is 0.400. The van der Waals surface area contributed by atoms with Crippen LogP contribution in [0.15, 0.2) is 46.2 Å². The standard InChI is InChI=1S/C20H24N2O6S2/c1-27-16-5-8-19(28-2)20(14-16)30(25,26)22-12-9-15-13-17(6-7-18(15)22)29(23,24)21-10-3-4-11-21/h5-8,13-14H,3-4,9-12H2,1-2H3. The first kappa shape index (κ1) is 21.0. The largest absolute Gasteiger partial charge is 0.497 e. The molecule has 0 amide bonds. The lowest BCUT2D eigenvalue weighted by molar-refractivity contribution is 0.392. The second-order valence-electron chi connectivity index (χ2n) is 7.25. The van der Waals surface area contributed by atoms with Gasteiger partial charge in [0.05, 0.1) is 24.8 Å². The monoisotopic (exact) mass is 452 g/mol. The number of anilines is 1. The Bertz CT molecular complexity index is 1170. The highest BCUT2D eigenvalue weighted by molar-refractivity contribution is 7.93. The van der Waals surface area contributed by atoms with Crippen molar-refractivity contribution in [1.82, 2.24) is 4.31 Å². The van der Waals surface area contributed by atoms with Crippen LogP contribution < -0.4 is 13.8 Å². The number of ether oxygens (including phenoxy) is 2. The third kappa shape index (κ3) is 3.42. The quantitative estimate of drug-likeness (QED) is 0.667. The van der Waals surface area contributed by atoms with Crippen LogP contribution >= 0.6 is 0 Å². The Morgan fingerprint density at radius 1 is 0.833 bits per heavy atom. The second-order valence-corrected chi connectivity index (χ2v) is 11.0. The van der Waals surface area contributed by atoms with Gasteiger partial charge in [0, 0.05) is 25.7 Å². The first-order valence-corrected chi connectivity index (χ1v) is 12.5. The molecular formula is C20H24N2O6S2. The molecule has 8 nitrogen and oxygen atoms in total. The van der Waals surface area contributed by atoms with E-state index < -0.39 is 20.0 Å². The van der Waals surface area contributed by atoms with E-state index in [9.17, 15) is 16.8 Å². The number of nitrogens with zero attached hydrogens (tertiary/aromatic N) is 2. The summed E-state index contributed by atoms with van der Waals surface area (Å²) in [4.78, 5) is 0.215. The minimum absolute atomic E-state index is 0.00552. The zero-order chi connectivity index (χ0) is 21.5. The fourth-order valence-corrected chi connectivity index (χ4v) is 7.18. The van der Waals surface area contributed by atoms with Crippen molar-refractivity contribution in [3.8, 4) is 11.5 Å². The van der Waals surface area contributed by atoms with Gasteiger partial charge in [-0.1, -0.05) is 0 Å². The van der Waals surface area contributed by atoms with E-state index in [0.29, 0.717) is 36.5 Å². The van der Waals surface area contributed by atoms with E-state index in [1.807, 2.05) is 0 Å². The number of methoxy groups -OCH3 is 2. The van der Waals surface area contributed by atoms with E-state index in [-0.39, 0.29) is 22.1 Å². The van der Waals surface area contributed by atoms with E-state index in [1.165, 1.54) is 35.0 Å². The molecule has 2 aliphatic rings. The zero-order valence-corrected chi connectivity index (χ0v) is 18.5. The predicted molar refractivity (Wildman–Crippen MR) is 112 cm³/mol. The number of fused-ring (bicyclic) bond motifs is 1. The third-order valence-electron chi connectivity index (χ3n) is 5.55. The van der Waals surface area contributed by atoms with Crippen LogP contribution in [0.5, 0.6) is 11.5 Å². The molecule has 30 heavy (non-hydrogen) atoms. The van der Waals surface area contributed by atoms with Crippen LogP contribution in [-0.2, 0) is 26.5 Å². The van der Waals surface area contributed by atoms with E-state index in [0.717, 1.165) is 12.8 Å². The summed E-state index contributed by atoms with van der Waals surface area (Å²) in [5.41, 5.74) is 1.18. The summed E-state index contributed by atoms with van der Waals surface area (Å²) >= 11 is 0. The van der Waals surface area contributed by atoms with Gasteiger partial charge in [-0.15, -0.1) is 0 Å². The molecule has 1 saturated heterocycles. The summed E-state index contributed by atoms with van der Waals surface area (Å²) in [7, 11) is -4.60. The minimum atomic E-state index is -3.92. The number of benzene rings is 2. The Morgan fingerprint density at radius 3 is 2.23 bits per heavy atom. The average Bonchev–Trinajstić information content (AvgIpc) is 3.43. The number of hydrogen-bond acceptors (Lipinski definition) is 6. The maximum Gasteiger partial charge on any atom is 0.268 e. The van der Waals surface area contributed by atoms with Gasteiger partial charge >= 0.3 is 0 Å². The molecule has 10 heteroatoms. The van der Waals surface area contributed by atoms with Gasteiger partial charge < -0.3 is 9.47 Å². The maximum atomic E-state index is 13.4. The summed E-state index contributed by atoms with van der Waals surface area (Å²) < 4.78 is 65.7.